The van der Waals surface area contributed by atoms with Gasteiger partial charge < -0.3 is 10.1 Å². The predicted molar refractivity (Wildman–Crippen MR) is 80.4 cm³/mol. The van der Waals surface area contributed by atoms with E-state index >= 15 is 0 Å². The van der Waals surface area contributed by atoms with Gasteiger partial charge in [-0.15, -0.1) is 11.3 Å². The quantitative estimate of drug-likeness (QED) is 0.873. The molecule has 0 aliphatic carbocycles. The van der Waals surface area contributed by atoms with Gasteiger partial charge in [-0.05, 0) is 34.1 Å². The second-order valence-electron chi connectivity index (χ2n) is 3.92. The highest BCUT2D eigenvalue weighted by Gasteiger charge is 2.03. The molecule has 2 rings (SSSR count). The molecule has 0 saturated carbocycles. The van der Waals surface area contributed by atoms with E-state index in [0.717, 1.165) is 15.1 Å². The summed E-state index contributed by atoms with van der Waals surface area (Å²) in [6.07, 6.45) is 0.363. The summed E-state index contributed by atoms with van der Waals surface area (Å²) in [6, 6.07) is 11.5. The molecule has 0 unspecified atom stereocenters. The predicted octanol–water partition coefficient (Wildman–Crippen LogP) is 3.60. The monoisotopic (exact) mass is 339 g/mol. The first-order valence-corrected chi connectivity index (χ1v) is 7.59. The molecule has 3 nitrogen and oxygen atoms in total. The van der Waals surface area contributed by atoms with Crippen LogP contribution in [0.2, 0.25) is 0 Å². The van der Waals surface area contributed by atoms with E-state index in [0.29, 0.717) is 19.6 Å². The van der Waals surface area contributed by atoms with Crippen LogP contribution in [-0.2, 0) is 11.3 Å². The highest BCUT2D eigenvalue weighted by Crippen LogP contribution is 2.19. The lowest BCUT2D eigenvalue weighted by atomic mass is 10.3. The number of rotatable bonds is 6. The van der Waals surface area contributed by atoms with Gasteiger partial charge in [-0.2, -0.15) is 0 Å². The normalized spacial score (nSPS) is 10.2. The Hall–Kier alpha value is -1.33. The Balaban J connectivity index is 1.65. The van der Waals surface area contributed by atoms with Gasteiger partial charge in [0.25, 0.3) is 0 Å². The van der Waals surface area contributed by atoms with Crippen LogP contribution in [0, 0.1) is 0 Å². The third kappa shape index (κ3) is 5.04. The van der Waals surface area contributed by atoms with Gasteiger partial charge in [0.2, 0.25) is 5.91 Å². The van der Waals surface area contributed by atoms with Gasteiger partial charge in [-0.3, -0.25) is 4.79 Å². The minimum atomic E-state index is 0.000420. The summed E-state index contributed by atoms with van der Waals surface area (Å²) in [5.41, 5.74) is 0. The fraction of sp³-hybridized carbons (Fsp3) is 0.214. The molecule has 19 heavy (non-hydrogen) atoms. The largest absolute Gasteiger partial charge is 0.493 e. The minimum absolute atomic E-state index is 0.000420. The number of para-hydroxylation sites is 1. The zero-order chi connectivity index (χ0) is 13.5. The molecular formula is C14H14BrNO2S. The summed E-state index contributed by atoms with van der Waals surface area (Å²) >= 11 is 5.00. The van der Waals surface area contributed by atoms with E-state index in [2.05, 4.69) is 21.2 Å². The fourth-order valence-electron chi connectivity index (χ4n) is 1.50. The molecule has 1 aromatic heterocycles. The summed E-state index contributed by atoms with van der Waals surface area (Å²) in [6.45, 7) is 0.963. The first kappa shape index (κ1) is 14.1. The topological polar surface area (TPSA) is 38.3 Å². The molecule has 0 aliphatic rings. The van der Waals surface area contributed by atoms with E-state index in [4.69, 9.17) is 4.74 Å². The van der Waals surface area contributed by atoms with Crippen molar-refractivity contribution in [3.63, 3.8) is 0 Å². The number of ether oxygens (including phenoxy) is 1. The van der Waals surface area contributed by atoms with Gasteiger partial charge in [0.15, 0.2) is 0 Å². The molecule has 0 radical (unpaired) electrons. The lowest BCUT2D eigenvalue weighted by Crippen LogP contribution is -2.23. The third-order valence-electron chi connectivity index (χ3n) is 2.42. The van der Waals surface area contributed by atoms with Crippen LogP contribution in [-0.4, -0.2) is 12.5 Å². The summed E-state index contributed by atoms with van der Waals surface area (Å²) in [7, 11) is 0. The maximum Gasteiger partial charge on any atom is 0.223 e. The SMILES string of the molecule is O=C(CCOc1ccccc1)NCc1cc(Br)cs1. The summed E-state index contributed by atoms with van der Waals surface area (Å²) in [5.74, 6) is 0.790. The van der Waals surface area contributed by atoms with Crippen molar-refractivity contribution in [2.45, 2.75) is 13.0 Å². The number of nitrogens with one attached hydrogen (secondary N) is 1. The van der Waals surface area contributed by atoms with Crippen molar-refractivity contribution in [3.8, 4) is 5.75 Å². The Morgan fingerprint density at radius 3 is 2.79 bits per heavy atom. The van der Waals surface area contributed by atoms with Crippen molar-refractivity contribution in [2.75, 3.05) is 6.61 Å². The molecule has 1 aromatic carbocycles. The van der Waals surface area contributed by atoms with E-state index < -0.39 is 0 Å². The number of hydrogen-bond donors (Lipinski definition) is 1. The van der Waals surface area contributed by atoms with Crippen LogP contribution in [0.4, 0.5) is 0 Å². The maximum atomic E-state index is 11.6. The molecule has 0 bridgehead atoms. The van der Waals surface area contributed by atoms with Crippen molar-refractivity contribution in [3.05, 3.63) is 51.1 Å². The number of hydrogen-bond acceptors (Lipinski definition) is 3. The maximum absolute atomic E-state index is 11.6. The van der Waals surface area contributed by atoms with Crippen molar-refractivity contribution in [2.24, 2.45) is 0 Å². The van der Waals surface area contributed by atoms with Crippen LogP contribution < -0.4 is 10.1 Å². The molecule has 0 spiro atoms. The first-order chi connectivity index (χ1) is 9.24. The molecule has 0 atom stereocenters. The Kier molecular flexibility index (Phi) is 5.42. The van der Waals surface area contributed by atoms with Crippen molar-refractivity contribution in [1.29, 1.82) is 0 Å². The standard InChI is InChI=1S/C14H14BrNO2S/c15-11-8-13(19-10-11)9-16-14(17)6-7-18-12-4-2-1-3-5-12/h1-5,8,10H,6-7,9H2,(H,16,17). The highest BCUT2D eigenvalue weighted by atomic mass is 79.9. The third-order valence-corrected chi connectivity index (χ3v) is 4.12. The van der Waals surface area contributed by atoms with Crippen molar-refractivity contribution >= 4 is 33.2 Å². The van der Waals surface area contributed by atoms with E-state index in [1.807, 2.05) is 41.8 Å². The van der Waals surface area contributed by atoms with Crippen LogP contribution in [0.25, 0.3) is 0 Å². The average molecular weight is 340 g/mol. The molecule has 1 amide bonds. The number of amides is 1. The molecule has 1 heterocycles. The number of benzene rings is 1. The van der Waals surface area contributed by atoms with Gasteiger partial charge in [0.05, 0.1) is 19.6 Å². The highest BCUT2D eigenvalue weighted by molar-refractivity contribution is 9.10. The second-order valence-corrected chi connectivity index (χ2v) is 5.83. The average Bonchev–Trinajstić information content (AvgIpc) is 2.83. The van der Waals surface area contributed by atoms with Crippen molar-refractivity contribution in [1.82, 2.24) is 5.32 Å². The molecule has 0 fully saturated rings. The first-order valence-electron chi connectivity index (χ1n) is 5.91. The van der Waals surface area contributed by atoms with E-state index in [-0.39, 0.29) is 5.91 Å². The lowest BCUT2D eigenvalue weighted by molar-refractivity contribution is -0.121. The van der Waals surface area contributed by atoms with Crippen LogP contribution >= 0.6 is 27.3 Å². The zero-order valence-corrected chi connectivity index (χ0v) is 12.7. The van der Waals surface area contributed by atoms with Gasteiger partial charge >= 0.3 is 0 Å². The Morgan fingerprint density at radius 2 is 2.11 bits per heavy atom. The molecule has 5 heteroatoms. The van der Waals surface area contributed by atoms with Crippen molar-refractivity contribution < 1.29 is 9.53 Å². The number of thiophene rings is 1. The molecule has 1 N–H and O–H groups in total. The van der Waals surface area contributed by atoms with Gasteiger partial charge in [-0.1, -0.05) is 18.2 Å². The summed E-state index contributed by atoms with van der Waals surface area (Å²) < 4.78 is 6.52. The fourth-order valence-corrected chi connectivity index (χ4v) is 2.89. The van der Waals surface area contributed by atoms with Crippen LogP contribution in [0.3, 0.4) is 0 Å². The molecular weight excluding hydrogens is 326 g/mol. The Bertz CT molecular complexity index is 527. The smallest absolute Gasteiger partial charge is 0.223 e. The molecule has 2 aromatic rings. The van der Waals surface area contributed by atoms with Gasteiger partial charge in [0, 0.05) is 14.7 Å². The Labute approximate surface area is 124 Å². The summed E-state index contributed by atoms with van der Waals surface area (Å²) in [4.78, 5) is 12.7. The number of halogens is 1. The zero-order valence-electron chi connectivity index (χ0n) is 10.3. The Morgan fingerprint density at radius 1 is 1.32 bits per heavy atom. The van der Waals surface area contributed by atoms with Gasteiger partial charge in [-0.25, -0.2) is 0 Å². The number of carbonyl (C=O) groups is 1. The molecule has 0 saturated heterocycles. The van der Waals surface area contributed by atoms with Crippen LogP contribution in [0.15, 0.2) is 46.3 Å². The van der Waals surface area contributed by atoms with E-state index in [1.54, 1.807) is 11.3 Å². The van der Waals surface area contributed by atoms with E-state index in [1.165, 1.54) is 0 Å². The molecule has 0 aliphatic heterocycles. The van der Waals surface area contributed by atoms with Gasteiger partial charge in [0.1, 0.15) is 5.75 Å². The van der Waals surface area contributed by atoms with Crippen LogP contribution in [0.5, 0.6) is 5.75 Å². The molecule has 100 valence electrons. The van der Waals surface area contributed by atoms with Crippen LogP contribution in [0.1, 0.15) is 11.3 Å². The summed E-state index contributed by atoms with van der Waals surface area (Å²) in [5, 5.41) is 4.87. The van der Waals surface area contributed by atoms with E-state index in [9.17, 15) is 4.79 Å². The lowest BCUT2D eigenvalue weighted by Gasteiger charge is -2.06. The number of carbonyl (C=O) groups excluding carboxylic acids is 1. The second kappa shape index (κ2) is 7.31. The minimum Gasteiger partial charge on any atom is -0.493 e.